The van der Waals surface area contributed by atoms with Crippen LogP contribution in [0.2, 0.25) is 0 Å². The second-order valence-electron chi connectivity index (χ2n) is 20.4. The fourth-order valence-electron chi connectivity index (χ4n) is 10.8. The Morgan fingerprint density at radius 1 is 0.574 bits per heavy atom. The molecular formula is C58H62Cl2Zr. The first-order valence-electron chi connectivity index (χ1n) is 22.3. The van der Waals surface area contributed by atoms with Crippen molar-refractivity contribution >= 4 is 14.0 Å². The largest absolute Gasteiger partial charge is 1.00 e. The third kappa shape index (κ3) is 8.46. The van der Waals surface area contributed by atoms with Crippen molar-refractivity contribution in [3.63, 3.8) is 0 Å². The van der Waals surface area contributed by atoms with Crippen molar-refractivity contribution < 1.29 is 46.1 Å². The molecule has 3 aliphatic carbocycles. The first-order chi connectivity index (χ1) is 28.2. The zero-order chi connectivity index (χ0) is 41.3. The van der Waals surface area contributed by atoms with Crippen LogP contribution < -0.4 is 24.8 Å². The van der Waals surface area contributed by atoms with Gasteiger partial charge in [0.25, 0.3) is 0 Å². The molecule has 0 radical (unpaired) electrons. The summed E-state index contributed by atoms with van der Waals surface area (Å²) in [6.45, 7) is 22.1. The van der Waals surface area contributed by atoms with E-state index in [2.05, 4.69) is 202 Å². The van der Waals surface area contributed by atoms with Crippen LogP contribution in [0.5, 0.6) is 0 Å². The van der Waals surface area contributed by atoms with Gasteiger partial charge in [0.05, 0.1) is 0 Å². The summed E-state index contributed by atoms with van der Waals surface area (Å²) in [5, 5.41) is 2.65. The van der Waals surface area contributed by atoms with Crippen LogP contribution in [0.4, 0.5) is 0 Å². The third-order valence-corrected chi connectivity index (χ3v) is 22.8. The molecular weight excluding hydrogens is 859 g/mol. The second-order valence-corrected chi connectivity index (χ2v) is 27.1. The molecule has 0 N–H and O–H groups in total. The van der Waals surface area contributed by atoms with Gasteiger partial charge in [-0.15, -0.1) is 0 Å². The summed E-state index contributed by atoms with van der Waals surface area (Å²) >= 11 is -2.92. The van der Waals surface area contributed by atoms with Gasteiger partial charge in [0.2, 0.25) is 0 Å². The van der Waals surface area contributed by atoms with E-state index in [1.54, 1.807) is 23.2 Å². The van der Waals surface area contributed by atoms with Crippen molar-refractivity contribution in [2.45, 2.75) is 109 Å². The first-order valence-corrected chi connectivity index (χ1v) is 26.2. The van der Waals surface area contributed by atoms with Crippen LogP contribution in [0.3, 0.4) is 0 Å². The third-order valence-electron chi connectivity index (χ3n) is 14.1. The summed E-state index contributed by atoms with van der Waals surface area (Å²) in [5.41, 5.74) is 17.6. The van der Waals surface area contributed by atoms with Crippen molar-refractivity contribution in [3.05, 3.63) is 176 Å². The molecule has 1 unspecified atom stereocenters. The molecule has 0 heterocycles. The molecule has 0 aliphatic heterocycles. The molecule has 3 aliphatic rings. The molecule has 312 valence electrons. The molecule has 0 saturated heterocycles. The van der Waals surface area contributed by atoms with E-state index in [1.807, 2.05) is 0 Å². The van der Waals surface area contributed by atoms with Crippen LogP contribution >= 0.6 is 0 Å². The van der Waals surface area contributed by atoms with E-state index < -0.39 is 21.3 Å². The van der Waals surface area contributed by atoms with E-state index in [0.29, 0.717) is 9.54 Å². The van der Waals surface area contributed by atoms with Gasteiger partial charge in [0, 0.05) is 0 Å². The second kappa shape index (κ2) is 17.5. The molecule has 3 heteroatoms. The van der Waals surface area contributed by atoms with E-state index in [9.17, 15) is 0 Å². The van der Waals surface area contributed by atoms with Crippen LogP contribution in [0, 0.1) is 11.3 Å². The topological polar surface area (TPSA) is 0 Å². The molecule has 1 fully saturated rings. The van der Waals surface area contributed by atoms with Crippen LogP contribution in [0.25, 0.3) is 44.2 Å². The Morgan fingerprint density at radius 2 is 1.07 bits per heavy atom. The summed E-state index contributed by atoms with van der Waals surface area (Å²) < 4.78 is 3.76. The molecule has 6 aromatic carbocycles. The van der Waals surface area contributed by atoms with E-state index in [-0.39, 0.29) is 41.1 Å². The predicted molar refractivity (Wildman–Crippen MR) is 252 cm³/mol. The smallest absolute Gasteiger partial charge is 1.00 e. The molecule has 0 nitrogen and oxygen atoms in total. The standard InChI is InChI=1S/C33H33.C13H19.C12H10.2ClH.Zr/c1-32(2,3)30-20-26-24(18-28(30)22-13-9-7-10-14-22)17-25-19-29(23-15-11-8-12-16-23)31(21-27(25)26)33(4,5)6;1-11-6-7-12(10-11)13(2)8-4-3-5-9-13;1-2-10-7-8-11-5-3-4-6-12(11)9-10;;;/h7-21H,1-6H3;7,10-11H,3-5,8-9H2,1-2H3;3-9H,1H3;2*1H;/q;;;;;+2/p-2. The molecule has 61 heavy (non-hydrogen) atoms. The minimum Gasteiger partial charge on any atom is -1.00 e. The summed E-state index contributed by atoms with van der Waals surface area (Å²) in [5.74, 6) is 0.436. The van der Waals surface area contributed by atoms with Crippen LogP contribution in [-0.4, -0.2) is 3.21 Å². The summed E-state index contributed by atoms with van der Waals surface area (Å²) in [6, 6.07) is 49.4. The minimum atomic E-state index is -2.92. The molecule has 0 bridgehead atoms. The van der Waals surface area contributed by atoms with Crippen LogP contribution in [0.15, 0.2) is 148 Å². The molecule has 0 aromatic heterocycles. The minimum absolute atomic E-state index is 0. The quantitative estimate of drug-likeness (QED) is 0.156. The Morgan fingerprint density at radius 3 is 1.57 bits per heavy atom. The first kappa shape index (κ1) is 45.4. The number of rotatable bonds is 6. The predicted octanol–water partition coefficient (Wildman–Crippen LogP) is 10.1. The molecule has 1 atom stereocenters. The SMILES string of the molecule is C/[C](c1ccc2ccccc2c1)=[Zr+2](/[C]1=CC(C2(C)CCCCC2)=CC1C)[CH]1c2cc(-c3ccccc3)c(C(C)(C)C)cc2-c2cc(C(C)(C)C)c(-c3ccccc3)cc21.[Cl-].[Cl-]. The van der Waals surface area contributed by atoms with Gasteiger partial charge in [0.1, 0.15) is 0 Å². The van der Waals surface area contributed by atoms with E-state index in [0.717, 1.165) is 0 Å². The molecule has 0 spiro atoms. The Balaban J connectivity index is 0.00000281. The normalized spacial score (nSPS) is 17.4. The summed E-state index contributed by atoms with van der Waals surface area (Å²) in [6.07, 6.45) is 12.2. The van der Waals surface area contributed by atoms with Gasteiger partial charge in [0.15, 0.2) is 0 Å². The maximum Gasteiger partial charge on any atom is -1.00 e. The summed E-state index contributed by atoms with van der Waals surface area (Å²) in [4.78, 5) is 0. The van der Waals surface area contributed by atoms with Crippen LogP contribution in [-0.2, 0) is 32.1 Å². The average molecular weight is 921 g/mol. The Bertz CT molecular complexity index is 2570. The van der Waals surface area contributed by atoms with Crippen molar-refractivity contribution in [3.8, 4) is 33.4 Å². The van der Waals surface area contributed by atoms with Gasteiger partial charge in [-0.25, -0.2) is 0 Å². The maximum absolute atomic E-state index is 2.92. The van der Waals surface area contributed by atoms with E-state index in [4.69, 9.17) is 0 Å². The van der Waals surface area contributed by atoms with Gasteiger partial charge in [-0.2, -0.15) is 0 Å². The molecule has 6 aromatic rings. The molecule has 9 rings (SSSR count). The van der Waals surface area contributed by atoms with Gasteiger partial charge in [-0.3, -0.25) is 0 Å². The summed E-state index contributed by atoms with van der Waals surface area (Å²) in [7, 11) is 0. The van der Waals surface area contributed by atoms with E-state index >= 15 is 0 Å². The Kier molecular flexibility index (Phi) is 13.0. The van der Waals surface area contributed by atoms with Crippen molar-refractivity contribution in [1.82, 2.24) is 0 Å². The van der Waals surface area contributed by atoms with Crippen LogP contribution in [0.1, 0.15) is 126 Å². The van der Waals surface area contributed by atoms with Crippen molar-refractivity contribution in [2.24, 2.45) is 11.3 Å². The monoisotopic (exact) mass is 918 g/mol. The fourth-order valence-corrected chi connectivity index (χ4v) is 19.8. The van der Waals surface area contributed by atoms with Gasteiger partial charge >= 0.3 is 365 Å². The zero-order valence-electron chi connectivity index (χ0n) is 37.7. The zero-order valence-corrected chi connectivity index (χ0v) is 41.7. The number of allylic oxidation sites excluding steroid dienone is 4. The number of benzene rings is 6. The molecule has 1 saturated carbocycles. The fraction of sp³-hybridized carbons (Fsp3) is 0.328. The Hall–Kier alpha value is -3.61. The molecule has 0 amide bonds. The maximum atomic E-state index is 2.79. The van der Waals surface area contributed by atoms with Gasteiger partial charge in [-0.1, -0.05) is 0 Å². The van der Waals surface area contributed by atoms with Crippen molar-refractivity contribution in [2.75, 3.05) is 0 Å². The number of fused-ring (bicyclic) bond motifs is 4. The number of hydrogen-bond acceptors (Lipinski definition) is 0. The van der Waals surface area contributed by atoms with Gasteiger partial charge in [-0.05, 0) is 0 Å². The van der Waals surface area contributed by atoms with E-state index in [1.165, 1.54) is 92.9 Å². The number of hydrogen-bond donors (Lipinski definition) is 0. The van der Waals surface area contributed by atoms with Crippen molar-refractivity contribution in [1.29, 1.82) is 0 Å². The number of halogens is 2. The Labute approximate surface area is 387 Å². The van der Waals surface area contributed by atoms with Gasteiger partial charge < -0.3 is 24.8 Å². The average Bonchev–Trinajstić information content (AvgIpc) is 3.77.